The molecule has 0 fully saturated rings. The van der Waals surface area contributed by atoms with Crippen molar-refractivity contribution in [3.05, 3.63) is 182 Å². The standard InChI is InChI=1S/C48H30O2/c1-3-12-31(13-4-1)35-26-27-37(32-14-5-2-6-15-32)41(28-35)33-22-24-34(25-23-33)42-29-36(30-46-48(42)40-17-8-10-20-44(40)50-46)38-18-11-21-45-47(38)39-16-7-9-19-43(39)49-45/h1-30H. The molecular formula is C48H30O2. The summed E-state index contributed by atoms with van der Waals surface area (Å²) in [5.74, 6) is 0. The van der Waals surface area contributed by atoms with E-state index >= 15 is 0 Å². The van der Waals surface area contributed by atoms with Crippen LogP contribution in [-0.2, 0) is 0 Å². The molecule has 10 aromatic rings. The molecular weight excluding hydrogens is 609 g/mol. The van der Waals surface area contributed by atoms with Crippen LogP contribution < -0.4 is 0 Å². The minimum Gasteiger partial charge on any atom is -0.456 e. The lowest BCUT2D eigenvalue weighted by atomic mass is 9.89. The molecule has 2 aromatic heterocycles. The van der Waals surface area contributed by atoms with Crippen molar-refractivity contribution in [3.63, 3.8) is 0 Å². The van der Waals surface area contributed by atoms with E-state index in [1.165, 1.54) is 33.4 Å². The molecule has 10 rings (SSSR count). The summed E-state index contributed by atoms with van der Waals surface area (Å²) in [6.07, 6.45) is 0. The fourth-order valence-electron chi connectivity index (χ4n) is 7.54. The smallest absolute Gasteiger partial charge is 0.136 e. The molecule has 0 aliphatic carbocycles. The van der Waals surface area contributed by atoms with Crippen LogP contribution in [0.4, 0.5) is 0 Å². The lowest BCUT2D eigenvalue weighted by Crippen LogP contribution is -1.89. The van der Waals surface area contributed by atoms with Gasteiger partial charge in [0, 0.05) is 21.5 Å². The van der Waals surface area contributed by atoms with Crippen LogP contribution in [0.5, 0.6) is 0 Å². The van der Waals surface area contributed by atoms with E-state index in [2.05, 4.69) is 164 Å². The second-order valence-corrected chi connectivity index (χ2v) is 12.8. The molecule has 0 N–H and O–H groups in total. The van der Waals surface area contributed by atoms with Crippen molar-refractivity contribution in [1.29, 1.82) is 0 Å². The Morgan fingerprint density at radius 2 is 0.740 bits per heavy atom. The van der Waals surface area contributed by atoms with Crippen molar-refractivity contribution < 1.29 is 8.83 Å². The maximum atomic E-state index is 6.55. The number of fused-ring (bicyclic) bond motifs is 6. The van der Waals surface area contributed by atoms with Gasteiger partial charge < -0.3 is 8.83 Å². The Bertz CT molecular complexity index is 2840. The van der Waals surface area contributed by atoms with Gasteiger partial charge in [-0.3, -0.25) is 0 Å². The molecule has 0 bridgehead atoms. The third kappa shape index (κ3) is 4.65. The van der Waals surface area contributed by atoms with E-state index in [0.717, 1.165) is 66.1 Å². The summed E-state index contributed by atoms with van der Waals surface area (Å²) in [4.78, 5) is 0. The van der Waals surface area contributed by atoms with Gasteiger partial charge in [-0.2, -0.15) is 0 Å². The zero-order valence-electron chi connectivity index (χ0n) is 27.1. The molecule has 0 unspecified atom stereocenters. The summed E-state index contributed by atoms with van der Waals surface area (Å²) in [5.41, 5.74) is 15.2. The van der Waals surface area contributed by atoms with Gasteiger partial charge in [-0.1, -0.05) is 146 Å². The molecule has 8 aromatic carbocycles. The van der Waals surface area contributed by atoms with Gasteiger partial charge in [0.05, 0.1) is 0 Å². The van der Waals surface area contributed by atoms with Crippen molar-refractivity contribution in [2.24, 2.45) is 0 Å². The molecule has 2 heterocycles. The number of benzene rings is 8. The van der Waals surface area contributed by atoms with Crippen LogP contribution >= 0.6 is 0 Å². The van der Waals surface area contributed by atoms with E-state index in [4.69, 9.17) is 8.83 Å². The molecule has 0 atom stereocenters. The fraction of sp³-hybridized carbons (Fsp3) is 0. The van der Waals surface area contributed by atoms with Crippen LogP contribution in [0.3, 0.4) is 0 Å². The highest BCUT2D eigenvalue weighted by Gasteiger charge is 2.19. The van der Waals surface area contributed by atoms with Crippen LogP contribution in [0.25, 0.3) is 99.5 Å². The zero-order valence-corrected chi connectivity index (χ0v) is 27.1. The van der Waals surface area contributed by atoms with Crippen molar-refractivity contribution in [2.75, 3.05) is 0 Å². The second-order valence-electron chi connectivity index (χ2n) is 12.8. The minimum absolute atomic E-state index is 0.870. The molecule has 0 spiro atoms. The molecule has 0 radical (unpaired) electrons. The van der Waals surface area contributed by atoms with Crippen molar-refractivity contribution in [1.82, 2.24) is 0 Å². The summed E-state index contributed by atoms with van der Waals surface area (Å²) < 4.78 is 12.8. The molecule has 0 saturated heterocycles. The Morgan fingerprint density at radius 1 is 0.240 bits per heavy atom. The quantitative estimate of drug-likeness (QED) is 0.187. The normalized spacial score (nSPS) is 11.6. The molecule has 0 amide bonds. The molecule has 0 aliphatic rings. The lowest BCUT2D eigenvalue weighted by Gasteiger charge is -2.14. The van der Waals surface area contributed by atoms with Gasteiger partial charge >= 0.3 is 0 Å². The summed E-state index contributed by atoms with van der Waals surface area (Å²) in [7, 11) is 0. The van der Waals surface area contributed by atoms with Crippen molar-refractivity contribution in [2.45, 2.75) is 0 Å². The van der Waals surface area contributed by atoms with Gasteiger partial charge in [-0.15, -0.1) is 0 Å². The zero-order chi connectivity index (χ0) is 33.0. The lowest BCUT2D eigenvalue weighted by molar-refractivity contribution is 0.668. The minimum atomic E-state index is 0.870. The Balaban J connectivity index is 1.17. The summed E-state index contributed by atoms with van der Waals surface area (Å²) in [6.45, 7) is 0. The second kappa shape index (κ2) is 11.5. The highest BCUT2D eigenvalue weighted by Crippen LogP contribution is 2.44. The van der Waals surface area contributed by atoms with Crippen molar-refractivity contribution >= 4 is 43.9 Å². The third-order valence-corrected chi connectivity index (χ3v) is 9.91. The monoisotopic (exact) mass is 638 g/mol. The van der Waals surface area contributed by atoms with E-state index in [1.807, 2.05) is 18.2 Å². The molecule has 2 nitrogen and oxygen atoms in total. The first-order valence-electron chi connectivity index (χ1n) is 17.0. The molecule has 234 valence electrons. The number of hydrogen-bond donors (Lipinski definition) is 0. The number of para-hydroxylation sites is 2. The Hall–Kier alpha value is -6.64. The maximum absolute atomic E-state index is 6.55. The predicted octanol–water partition coefficient (Wildman–Crippen LogP) is 13.8. The number of hydrogen-bond acceptors (Lipinski definition) is 2. The van der Waals surface area contributed by atoms with Gasteiger partial charge in [-0.25, -0.2) is 0 Å². The van der Waals surface area contributed by atoms with E-state index < -0.39 is 0 Å². The van der Waals surface area contributed by atoms with Gasteiger partial charge in [0.2, 0.25) is 0 Å². The van der Waals surface area contributed by atoms with E-state index in [0.29, 0.717) is 0 Å². The topological polar surface area (TPSA) is 26.3 Å². The van der Waals surface area contributed by atoms with Gasteiger partial charge in [0.25, 0.3) is 0 Å². The fourth-order valence-corrected chi connectivity index (χ4v) is 7.54. The first-order chi connectivity index (χ1) is 24.8. The van der Waals surface area contributed by atoms with Crippen LogP contribution in [0, 0.1) is 0 Å². The van der Waals surface area contributed by atoms with Gasteiger partial charge in [0.1, 0.15) is 22.3 Å². The van der Waals surface area contributed by atoms with E-state index in [1.54, 1.807) is 0 Å². The summed E-state index contributed by atoms with van der Waals surface area (Å²) >= 11 is 0. The van der Waals surface area contributed by atoms with Crippen LogP contribution in [-0.4, -0.2) is 0 Å². The van der Waals surface area contributed by atoms with Gasteiger partial charge in [-0.05, 0) is 92.0 Å². The molecule has 0 saturated carbocycles. The molecule has 50 heavy (non-hydrogen) atoms. The first-order valence-corrected chi connectivity index (χ1v) is 17.0. The average molecular weight is 639 g/mol. The van der Waals surface area contributed by atoms with Crippen LogP contribution in [0.2, 0.25) is 0 Å². The number of rotatable bonds is 5. The number of furan rings is 2. The first kappa shape index (κ1) is 28.4. The highest BCUT2D eigenvalue weighted by molar-refractivity contribution is 6.17. The SMILES string of the molecule is c1ccc(-c2ccc(-c3ccccc3)c(-c3ccc(-c4cc(-c5cccc6oc7ccccc7c56)cc5oc6ccccc6c45)cc3)c2)cc1. The predicted molar refractivity (Wildman–Crippen MR) is 208 cm³/mol. The summed E-state index contributed by atoms with van der Waals surface area (Å²) in [6, 6.07) is 64.5. The molecule has 0 aliphatic heterocycles. The maximum Gasteiger partial charge on any atom is 0.136 e. The average Bonchev–Trinajstić information content (AvgIpc) is 3.77. The molecule has 2 heteroatoms. The highest BCUT2D eigenvalue weighted by atomic mass is 16.3. The summed E-state index contributed by atoms with van der Waals surface area (Å²) in [5, 5.41) is 4.46. The Kier molecular flexibility index (Phi) is 6.53. The van der Waals surface area contributed by atoms with Crippen LogP contribution in [0.1, 0.15) is 0 Å². The van der Waals surface area contributed by atoms with Crippen molar-refractivity contribution in [3.8, 4) is 55.6 Å². The van der Waals surface area contributed by atoms with Gasteiger partial charge in [0.15, 0.2) is 0 Å². The third-order valence-electron chi connectivity index (χ3n) is 9.91. The Labute approximate surface area is 289 Å². The Morgan fingerprint density at radius 3 is 1.44 bits per heavy atom. The largest absolute Gasteiger partial charge is 0.456 e. The van der Waals surface area contributed by atoms with E-state index in [-0.39, 0.29) is 0 Å². The van der Waals surface area contributed by atoms with E-state index in [9.17, 15) is 0 Å². The van der Waals surface area contributed by atoms with Crippen LogP contribution in [0.15, 0.2) is 191 Å².